The molecule has 1 heterocycles. The monoisotopic (exact) mass is 342 g/mol. The number of amides is 1. The minimum atomic E-state index is -0.447. The molecule has 3 rings (SSSR count). The molecule has 1 aliphatic rings. The van der Waals surface area contributed by atoms with Crippen molar-refractivity contribution in [3.05, 3.63) is 47.5 Å². The van der Waals surface area contributed by atoms with E-state index in [1.165, 1.54) is 7.11 Å². The largest absolute Gasteiger partial charge is 0.465 e. The van der Waals surface area contributed by atoms with E-state index in [-0.39, 0.29) is 19.2 Å². The summed E-state index contributed by atoms with van der Waals surface area (Å²) in [6, 6.07) is 10.5. The number of benzene rings is 2. The van der Waals surface area contributed by atoms with E-state index in [0.29, 0.717) is 28.4 Å². The second kappa shape index (κ2) is 7.12. The van der Waals surface area contributed by atoms with Gasteiger partial charge in [-0.05, 0) is 30.7 Å². The second-order valence-electron chi connectivity index (χ2n) is 5.46. The van der Waals surface area contributed by atoms with Crippen molar-refractivity contribution < 1.29 is 23.8 Å². The predicted molar refractivity (Wildman–Crippen MR) is 92.2 cm³/mol. The fraction of sp³-hybridized carbons (Fsp3) is 0.222. The third kappa shape index (κ3) is 3.65. The molecule has 2 aromatic rings. The molecule has 2 aromatic carbocycles. The van der Waals surface area contributed by atoms with Crippen molar-refractivity contribution in [1.29, 1.82) is 0 Å². The molecule has 2 N–H and O–H groups in total. The predicted octanol–water partition coefficient (Wildman–Crippen LogP) is 2.56. The van der Waals surface area contributed by atoms with Crippen molar-refractivity contribution in [1.82, 2.24) is 0 Å². The van der Waals surface area contributed by atoms with E-state index in [9.17, 15) is 9.59 Å². The maximum atomic E-state index is 12.2. The molecular formula is C18H18N2O5. The first-order valence-corrected chi connectivity index (χ1v) is 7.70. The van der Waals surface area contributed by atoms with Crippen LogP contribution in [0.3, 0.4) is 0 Å². The highest BCUT2D eigenvalue weighted by atomic mass is 16.7. The minimum Gasteiger partial charge on any atom is -0.465 e. The number of carbonyl (C=O) groups excluding carboxylic acids is 2. The van der Waals surface area contributed by atoms with Crippen LogP contribution in [-0.4, -0.2) is 32.3 Å². The summed E-state index contributed by atoms with van der Waals surface area (Å²) in [5, 5.41) is 5.74. The van der Waals surface area contributed by atoms with Crippen molar-refractivity contribution in [2.45, 2.75) is 6.92 Å². The van der Waals surface area contributed by atoms with Gasteiger partial charge in [-0.2, -0.15) is 0 Å². The van der Waals surface area contributed by atoms with Gasteiger partial charge in [-0.1, -0.05) is 12.1 Å². The fourth-order valence-corrected chi connectivity index (χ4v) is 2.54. The SMILES string of the molecule is COC(=O)c1c(C)cccc1NCC(=O)Nc1ccc2c(c1)OCO2. The number of aryl methyl sites for hydroxylation is 1. The number of methoxy groups -OCH3 is 1. The number of fused-ring (bicyclic) bond motifs is 1. The van der Waals surface area contributed by atoms with Crippen molar-refractivity contribution >= 4 is 23.3 Å². The molecule has 0 bridgehead atoms. The molecule has 0 atom stereocenters. The van der Waals surface area contributed by atoms with Gasteiger partial charge in [-0.15, -0.1) is 0 Å². The van der Waals surface area contributed by atoms with Gasteiger partial charge in [-0.3, -0.25) is 4.79 Å². The molecule has 0 aromatic heterocycles. The smallest absolute Gasteiger partial charge is 0.340 e. The molecule has 0 unspecified atom stereocenters. The van der Waals surface area contributed by atoms with Crippen LogP contribution in [0, 0.1) is 6.92 Å². The zero-order valence-corrected chi connectivity index (χ0v) is 13.9. The van der Waals surface area contributed by atoms with Crippen LogP contribution >= 0.6 is 0 Å². The van der Waals surface area contributed by atoms with Gasteiger partial charge >= 0.3 is 5.97 Å². The van der Waals surface area contributed by atoms with E-state index in [1.54, 1.807) is 30.3 Å². The number of rotatable bonds is 5. The molecule has 1 amide bonds. The molecule has 25 heavy (non-hydrogen) atoms. The van der Waals surface area contributed by atoms with E-state index in [0.717, 1.165) is 5.56 Å². The third-order valence-electron chi connectivity index (χ3n) is 3.76. The number of esters is 1. The fourth-order valence-electron chi connectivity index (χ4n) is 2.54. The number of hydrogen-bond acceptors (Lipinski definition) is 6. The number of ether oxygens (including phenoxy) is 3. The molecule has 0 fully saturated rings. The molecule has 0 spiro atoms. The van der Waals surface area contributed by atoms with Crippen molar-refractivity contribution in [2.24, 2.45) is 0 Å². The first-order chi connectivity index (χ1) is 12.1. The van der Waals surface area contributed by atoms with Gasteiger partial charge < -0.3 is 24.8 Å². The van der Waals surface area contributed by atoms with E-state index in [4.69, 9.17) is 14.2 Å². The first-order valence-electron chi connectivity index (χ1n) is 7.70. The van der Waals surface area contributed by atoms with Gasteiger partial charge in [0.25, 0.3) is 0 Å². The van der Waals surface area contributed by atoms with Gasteiger partial charge in [0.2, 0.25) is 12.7 Å². The van der Waals surface area contributed by atoms with Crippen LogP contribution in [0.1, 0.15) is 15.9 Å². The zero-order chi connectivity index (χ0) is 17.8. The number of carbonyl (C=O) groups is 2. The Bertz CT molecular complexity index is 819. The van der Waals surface area contributed by atoms with Crippen molar-refractivity contribution in [3.8, 4) is 11.5 Å². The van der Waals surface area contributed by atoms with Gasteiger partial charge in [0.05, 0.1) is 19.2 Å². The summed E-state index contributed by atoms with van der Waals surface area (Å²) >= 11 is 0. The zero-order valence-electron chi connectivity index (χ0n) is 13.9. The summed E-state index contributed by atoms with van der Waals surface area (Å²) in [7, 11) is 1.32. The second-order valence-corrected chi connectivity index (χ2v) is 5.46. The maximum absolute atomic E-state index is 12.2. The maximum Gasteiger partial charge on any atom is 0.340 e. The highest BCUT2D eigenvalue weighted by molar-refractivity contribution is 5.99. The Labute approximate surface area is 144 Å². The Kier molecular flexibility index (Phi) is 4.74. The Hall–Kier alpha value is -3.22. The average Bonchev–Trinajstić information content (AvgIpc) is 3.07. The summed E-state index contributed by atoms with van der Waals surface area (Å²) in [4.78, 5) is 24.1. The summed E-state index contributed by atoms with van der Waals surface area (Å²) < 4.78 is 15.3. The topological polar surface area (TPSA) is 85.9 Å². The van der Waals surface area contributed by atoms with Crippen LogP contribution in [0.2, 0.25) is 0 Å². The molecule has 1 aliphatic heterocycles. The molecular weight excluding hydrogens is 324 g/mol. The van der Waals surface area contributed by atoms with Gasteiger partial charge in [0.15, 0.2) is 11.5 Å². The molecule has 0 saturated heterocycles. The van der Waals surface area contributed by atoms with Crippen molar-refractivity contribution in [3.63, 3.8) is 0 Å². The summed E-state index contributed by atoms with van der Waals surface area (Å²) in [5.74, 6) is 0.545. The Morgan fingerprint density at radius 2 is 1.96 bits per heavy atom. The Balaban J connectivity index is 1.65. The molecule has 7 heteroatoms. The summed E-state index contributed by atoms with van der Waals surface area (Å²) in [5.41, 5.74) is 2.34. The van der Waals surface area contributed by atoms with Gasteiger partial charge in [-0.25, -0.2) is 4.79 Å². The minimum absolute atomic E-state index is 0.00187. The van der Waals surface area contributed by atoms with E-state index < -0.39 is 5.97 Å². The number of hydrogen-bond donors (Lipinski definition) is 2. The first kappa shape index (κ1) is 16.6. The molecule has 130 valence electrons. The van der Waals surface area contributed by atoms with Gasteiger partial charge in [0, 0.05) is 17.4 Å². The summed E-state index contributed by atoms with van der Waals surface area (Å²) in [6.45, 7) is 1.99. The van der Waals surface area contributed by atoms with Crippen LogP contribution in [0.25, 0.3) is 0 Å². The van der Waals surface area contributed by atoms with Crippen LogP contribution < -0.4 is 20.1 Å². The van der Waals surface area contributed by atoms with Crippen LogP contribution in [0.4, 0.5) is 11.4 Å². The standard InChI is InChI=1S/C18H18N2O5/c1-11-4-3-5-13(17(11)18(22)23-2)19-9-16(21)20-12-6-7-14-15(8-12)25-10-24-14/h3-8,19H,9-10H2,1-2H3,(H,20,21). The van der Waals surface area contributed by atoms with Crippen LogP contribution in [0.5, 0.6) is 11.5 Å². The molecule has 0 aliphatic carbocycles. The lowest BCUT2D eigenvalue weighted by atomic mass is 10.1. The average molecular weight is 342 g/mol. The normalized spacial score (nSPS) is 11.8. The van der Waals surface area contributed by atoms with Gasteiger partial charge in [0.1, 0.15) is 0 Å². The van der Waals surface area contributed by atoms with Crippen LogP contribution in [-0.2, 0) is 9.53 Å². The summed E-state index contributed by atoms with van der Waals surface area (Å²) in [6.07, 6.45) is 0. The van der Waals surface area contributed by atoms with Crippen LogP contribution in [0.15, 0.2) is 36.4 Å². The van der Waals surface area contributed by atoms with E-state index in [1.807, 2.05) is 13.0 Å². The lowest BCUT2D eigenvalue weighted by Crippen LogP contribution is -2.23. The number of nitrogens with one attached hydrogen (secondary N) is 2. The quantitative estimate of drug-likeness (QED) is 0.812. The Morgan fingerprint density at radius 3 is 2.76 bits per heavy atom. The molecule has 7 nitrogen and oxygen atoms in total. The lowest BCUT2D eigenvalue weighted by Gasteiger charge is -2.13. The molecule has 0 saturated carbocycles. The molecule has 0 radical (unpaired) electrons. The number of anilines is 2. The third-order valence-corrected chi connectivity index (χ3v) is 3.76. The highest BCUT2D eigenvalue weighted by Gasteiger charge is 2.16. The lowest BCUT2D eigenvalue weighted by molar-refractivity contribution is -0.114. The van der Waals surface area contributed by atoms with Crippen molar-refractivity contribution in [2.75, 3.05) is 31.1 Å². The highest BCUT2D eigenvalue weighted by Crippen LogP contribution is 2.34. The van der Waals surface area contributed by atoms with E-state index in [2.05, 4.69) is 10.6 Å². The Morgan fingerprint density at radius 1 is 1.16 bits per heavy atom. The van der Waals surface area contributed by atoms with E-state index >= 15 is 0 Å².